The molecule has 0 spiro atoms. The molecule has 1 saturated carbocycles. The van der Waals surface area contributed by atoms with Gasteiger partial charge in [-0.05, 0) is 94.7 Å². The Kier molecular flexibility index (Phi) is 11.6. The normalized spacial score (nSPS) is 20.7. The number of benzene rings is 1. The van der Waals surface area contributed by atoms with Gasteiger partial charge in [-0.15, -0.1) is 0 Å². The molecule has 1 aromatic heterocycles. The number of piperidine rings is 1. The summed E-state index contributed by atoms with van der Waals surface area (Å²) < 4.78 is 5.64. The number of furan rings is 1. The number of carbonyl (C=O) groups is 2. The number of rotatable bonds is 15. The predicted octanol–water partition coefficient (Wildman–Crippen LogP) is 5.84. The quantitative estimate of drug-likeness (QED) is 0.178. The van der Waals surface area contributed by atoms with Gasteiger partial charge in [0, 0.05) is 29.5 Å². The number of aliphatic hydroxyl groups excluding tert-OH is 2. The van der Waals surface area contributed by atoms with Crippen molar-refractivity contribution < 1.29 is 29.3 Å². The number of nitrogens with one attached hydrogen (secondary N) is 2. The van der Waals surface area contributed by atoms with Crippen LogP contribution in [0.5, 0.6) is 0 Å². The molecule has 2 aliphatic rings. The van der Waals surface area contributed by atoms with Gasteiger partial charge in [-0.3, -0.25) is 9.59 Å². The van der Waals surface area contributed by atoms with Crippen molar-refractivity contribution >= 4 is 11.9 Å². The summed E-state index contributed by atoms with van der Waals surface area (Å²) in [5.41, 5.74) is 2.49. The second kappa shape index (κ2) is 15.2. The maximum Gasteiger partial charge on any atom is 0.303 e. The van der Waals surface area contributed by atoms with E-state index in [2.05, 4.69) is 10.6 Å². The lowest BCUT2D eigenvalue weighted by Gasteiger charge is -2.42. The number of carboxylic acids is 1. The lowest BCUT2D eigenvalue weighted by atomic mass is 9.65. The van der Waals surface area contributed by atoms with Crippen LogP contribution in [0.3, 0.4) is 0 Å². The van der Waals surface area contributed by atoms with Gasteiger partial charge >= 0.3 is 5.97 Å². The monoisotopic (exact) mass is 582 g/mol. The van der Waals surface area contributed by atoms with Crippen LogP contribution in [0.4, 0.5) is 0 Å². The Morgan fingerprint density at radius 1 is 1.05 bits per heavy atom. The Balaban J connectivity index is 1.33. The summed E-state index contributed by atoms with van der Waals surface area (Å²) in [6, 6.07) is 10.3. The molecule has 0 bridgehead atoms. The third-order valence-electron chi connectivity index (χ3n) is 9.96. The molecule has 2 unspecified atom stereocenters. The molecule has 0 radical (unpaired) electrons. The van der Waals surface area contributed by atoms with E-state index in [1.165, 1.54) is 24.8 Å². The molecule has 2 aromatic rings. The number of amides is 1. The summed E-state index contributed by atoms with van der Waals surface area (Å²) in [6.07, 6.45) is 14.1. The van der Waals surface area contributed by atoms with Gasteiger partial charge in [0.25, 0.3) is 5.91 Å². The van der Waals surface area contributed by atoms with E-state index in [0.717, 1.165) is 62.6 Å². The predicted molar refractivity (Wildman–Crippen MR) is 163 cm³/mol. The Hall–Kier alpha value is -2.68. The van der Waals surface area contributed by atoms with E-state index in [1.807, 2.05) is 37.3 Å². The van der Waals surface area contributed by atoms with Crippen LogP contribution in [0.25, 0.3) is 11.1 Å². The van der Waals surface area contributed by atoms with Crippen LogP contribution in [0.15, 0.2) is 41.0 Å². The molecular formula is C34H50N2O6. The first kappa shape index (κ1) is 32.2. The summed E-state index contributed by atoms with van der Waals surface area (Å²) in [5, 5.41) is 36.4. The van der Waals surface area contributed by atoms with Crippen LogP contribution in [-0.4, -0.2) is 59.0 Å². The Bertz CT molecular complexity index is 1130. The lowest BCUT2D eigenvalue weighted by molar-refractivity contribution is -0.137. The highest BCUT2D eigenvalue weighted by Crippen LogP contribution is 2.47. The molecule has 1 aliphatic carbocycles. The average Bonchev–Trinajstić information content (AvgIpc) is 3.49. The molecule has 5 N–H and O–H groups in total. The van der Waals surface area contributed by atoms with Gasteiger partial charge in [0.15, 0.2) is 5.76 Å². The molecule has 1 saturated heterocycles. The number of hydrogen-bond donors (Lipinski definition) is 5. The van der Waals surface area contributed by atoms with Crippen LogP contribution in [0, 0.1) is 17.8 Å². The van der Waals surface area contributed by atoms with Crippen molar-refractivity contribution in [2.24, 2.45) is 10.8 Å². The first-order valence-corrected chi connectivity index (χ1v) is 15.9. The second-order valence-corrected chi connectivity index (χ2v) is 13.0. The van der Waals surface area contributed by atoms with Gasteiger partial charge in [0.2, 0.25) is 0 Å². The zero-order chi connectivity index (χ0) is 30.0. The lowest BCUT2D eigenvalue weighted by Crippen LogP contribution is -2.48. The van der Waals surface area contributed by atoms with Crippen LogP contribution in [0.1, 0.15) is 106 Å². The number of carboxylic acid groups (broad SMARTS) is 1. The van der Waals surface area contributed by atoms with E-state index < -0.39 is 11.4 Å². The van der Waals surface area contributed by atoms with Crippen LogP contribution >= 0.6 is 0 Å². The molecule has 1 aliphatic heterocycles. The molecule has 4 rings (SSSR count). The minimum Gasteiger partial charge on any atom is -0.481 e. The number of aryl methyl sites for hydroxylation is 1. The summed E-state index contributed by atoms with van der Waals surface area (Å²) in [4.78, 5) is 24.3. The maximum atomic E-state index is 13.2. The molecule has 1 aromatic carbocycles. The zero-order valence-electron chi connectivity index (χ0n) is 25.2. The maximum absolute atomic E-state index is 13.2. The first-order valence-electron chi connectivity index (χ1n) is 15.9. The van der Waals surface area contributed by atoms with Gasteiger partial charge in [-0.2, -0.15) is 0 Å². The summed E-state index contributed by atoms with van der Waals surface area (Å²) in [5.74, 6) is -0.652. The Morgan fingerprint density at radius 3 is 2.48 bits per heavy atom. The summed E-state index contributed by atoms with van der Waals surface area (Å²) in [7, 11) is 0. The van der Waals surface area contributed by atoms with Gasteiger partial charge in [-0.1, -0.05) is 49.1 Å². The highest BCUT2D eigenvalue weighted by Gasteiger charge is 2.37. The van der Waals surface area contributed by atoms with Crippen LogP contribution < -0.4 is 10.6 Å². The highest BCUT2D eigenvalue weighted by molar-refractivity contribution is 5.98. The van der Waals surface area contributed by atoms with E-state index >= 15 is 0 Å². The molecule has 8 nitrogen and oxygen atoms in total. The van der Waals surface area contributed by atoms with Crippen molar-refractivity contribution in [3.05, 3.63) is 47.9 Å². The molecule has 232 valence electrons. The molecule has 1 amide bonds. The molecule has 8 heteroatoms. The number of aliphatic hydroxyl groups is 2. The largest absolute Gasteiger partial charge is 0.481 e. The Labute approximate surface area is 250 Å². The van der Waals surface area contributed by atoms with Crippen LogP contribution in [-0.2, 0) is 4.79 Å². The Morgan fingerprint density at radius 2 is 1.79 bits per heavy atom. The molecular weight excluding hydrogens is 532 g/mol. The smallest absolute Gasteiger partial charge is 0.303 e. The van der Waals surface area contributed by atoms with Gasteiger partial charge in [-0.25, -0.2) is 0 Å². The fourth-order valence-corrected chi connectivity index (χ4v) is 7.10. The number of hydrogen-bond acceptors (Lipinski definition) is 6. The van der Waals surface area contributed by atoms with Crippen molar-refractivity contribution in [2.75, 3.05) is 19.8 Å². The zero-order valence-corrected chi connectivity index (χ0v) is 25.2. The van der Waals surface area contributed by atoms with Gasteiger partial charge in [0.1, 0.15) is 0 Å². The highest BCUT2D eigenvalue weighted by atomic mass is 16.4. The minimum atomic E-state index is -0.839. The molecule has 2 heterocycles. The molecule has 2 fully saturated rings. The standard InChI is InChI=1S/C34H50N2O6/c1-25-7-9-26(10-8-25)29-13-21-42-31(29)32(41)36-28-12-20-35-27(22-28)11-17-33(14-3-2-4-15-33)18-19-34(23-37,24-38)16-5-6-30(39)40/h7-10,13,21,27-28,35,37-38H,2-6,11-12,14-20,22-24H2,1H3,(H,36,41)(H,39,40). The van der Waals surface area contributed by atoms with Crippen molar-refractivity contribution in [2.45, 2.75) is 109 Å². The molecule has 42 heavy (non-hydrogen) atoms. The second-order valence-electron chi connectivity index (χ2n) is 13.0. The third-order valence-corrected chi connectivity index (χ3v) is 9.96. The summed E-state index contributed by atoms with van der Waals surface area (Å²) >= 11 is 0. The fourth-order valence-electron chi connectivity index (χ4n) is 7.10. The summed E-state index contributed by atoms with van der Waals surface area (Å²) in [6.45, 7) is 2.66. The number of carbonyl (C=O) groups excluding carboxylic acids is 1. The SMILES string of the molecule is Cc1ccc(-c2ccoc2C(=O)NC2CCNC(CCC3(CCC(CO)(CO)CCCC(=O)O)CCCCC3)C2)cc1. The van der Waals surface area contributed by atoms with E-state index in [0.29, 0.717) is 31.1 Å². The van der Waals surface area contributed by atoms with Crippen molar-refractivity contribution in [3.8, 4) is 11.1 Å². The topological polar surface area (TPSA) is 132 Å². The number of aliphatic carboxylic acids is 1. The van der Waals surface area contributed by atoms with Gasteiger partial charge in [0.05, 0.1) is 19.5 Å². The third kappa shape index (κ3) is 8.68. The van der Waals surface area contributed by atoms with Crippen LogP contribution in [0.2, 0.25) is 0 Å². The van der Waals surface area contributed by atoms with Crippen molar-refractivity contribution in [1.29, 1.82) is 0 Å². The van der Waals surface area contributed by atoms with E-state index in [9.17, 15) is 19.8 Å². The van der Waals surface area contributed by atoms with Crippen molar-refractivity contribution in [3.63, 3.8) is 0 Å². The van der Waals surface area contributed by atoms with Gasteiger partial charge < -0.3 is 30.4 Å². The molecule has 2 atom stereocenters. The minimum absolute atomic E-state index is 0.0606. The first-order chi connectivity index (χ1) is 20.3. The fraction of sp³-hybridized carbons (Fsp3) is 0.647. The average molecular weight is 583 g/mol. The van der Waals surface area contributed by atoms with Crippen molar-refractivity contribution in [1.82, 2.24) is 10.6 Å². The van der Waals surface area contributed by atoms with E-state index in [-0.39, 0.29) is 37.0 Å². The van der Waals surface area contributed by atoms with E-state index in [1.54, 1.807) is 6.26 Å². The van der Waals surface area contributed by atoms with E-state index in [4.69, 9.17) is 9.52 Å².